The van der Waals surface area contributed by atoms with Gasteiger partial charge >= 0.3 is 0 Å². The van der Waals surface area contributed by atoms with Crippen LogP contribution >= 0.6 is 0 Å². The number of aliphatic hydroxyl groups excluding tert-OH is 1. The van der Waals surface area contributed by atoms with E-state index in [1.54, 1.807) is 0 Å². The molecule has 1 aromatic rings. The summed E-state index contributed by atoms with van der Waals surface area (Å²) in [4.78, 5) is 0. The zero-order valence-corrected chi connectivity index (χ0v) is 10.9. The highest BCUT2D eigenvalue weighted by atomic mass is 16.5. The van der Waals surface area contributed by atoms with Crippen molar-refractivity contribution in [3.05, 3.63) is 29.8 Å². The fourth-order valence-corrected chi connectivity index (χ4v) is 1.97. The molecule has 96 valence electrons. The molecule has 0 saturated heterocycles. The number of ether oxygens (including phenoxy) is 1. The van der Waals surface area contributed by atoms with Crippen molar-refractivity contribution in [2.75, 3.05) is 13.2 Å². The van der Waals surface area contributed by atoms with Crippen LogP contribution < -0.4 is 10.5 Å². The lowest BCUT2D eigenvalue weighted by atomic mass is 9.74. The Balaban J connectivity index is 2.95. The van der Waals surface area contributed by atoms with E-state index in [1.165, 1.54) is 0 Å². The molecule has 0 aliphatic heterocycles. The maximum Gasteiger partial charge on any atom is 0.119 e. The predicted octanol–water partition coefficient (Wildman–Crippen LogP) is 2.07. The molecule has 2 atom stereocenters. The first-order chi connectivity index (χ1) is 8.04. The van der Waals surface area contributed by atoms with Gasteiger partial charge in [0.1, 0.15) is 5.75 Å². The fraction of sp³-hybridized carbons (Fsp3) is 0.571. The average Bonchev–Trinajstić information content (AvgIpc) is 2.30. The Morgan fingerprint density at radius 3 is 2.35 bits per heavy atom. The van der Waals surface area contributed by atoms with E-state index in [4.69, 9.17) is 10.5 Å². The maximum absolute atomic E-state index is 9.17. The Morgan fingerprint density at radius 2 is 1.94 bits per heavy atom. The predicted molar refractivity (Wildman–Crippen MR) is 70.3 cm³/mol. The minimum atomic E-state index is -0.195. The third-order valence-corrected chi connectivity index (χ3v) is 3.46. The largest absolute Gasteiger partial charge is 0.494 e. The minimum absolute atomic E-state index is 0.00686. The van der Waals surface area contributed by atoms with E-state index in [2.05, 4.69) is 6.92 Å². The smallest absolute Gasteiger partial charge is 0.119 e. The molecule has 3 N–H and O–H groups in total. The molecule has 0 aromatic heterocycles. The molecule has 0 aliphatic rings. The monoisotopic (exact) mass is 237 g/mol. The Labute approximate surface area is 104 Å². The second kappa shape index (κ2) is 6.03. The summed E-state index contributed by atoms with van der Waals surface area (Å²) in [6, 6.07) is 7.97. The molecule has 0 aliphatic carbocycles. The topological polar surface area (TPSA) is 55.5 Å². The van der Waals surface area contributed by atoms with Gasteiger partial charge in [-0.1, -0.05) is 19.1 Å². The molecular weight excluding hydrogens is 214 g/mol. The van der Waals surface area contributed by atoms with Crippen LogP contribution in [0, 0.1) is 0 Å². The number of hydrogen-bond donors (Lipinski definition) is 2. The highest BCUT2D eigenvalue weighted by molar-refractivity contribution is 5.33. The second-order valence-corrected chi connectivity index (χ2v) is 4.64. The van der Waals surface area contributed by atoms with Crippen LogP contribution in [0.3, 0.4) is 0 Å². The number of rotatable bonds is 6. The molecule has 17 heavy (non-hydrogen) atoms. The molecular formula is C14H23NO2. The van der Waals surface area contributed by atoms with E-state index < -0.39 is 0 Å². The van der Waals surface area contributed by atoms with Crippen molar-refractivity contribution in [3.63, 3.8) is 0 Å². The molecule has 0 fully saturated rings. The SMILES string of the molecule is CCOc1ccc(C(C)(CCO)C(C)N)cc1. The Morgan fingerprint density at radius 1 is 1.35 bits per heavy atom. The van der Waals surface area contributed by atoms with Crippen LogP contribution in [0.4, 0.5) is 0 Å². The van der Waals surface area contributed by atoms with Crippen LogP contribution in [0.25, 0.3) is 0 Å². The van der Waals surface area contributed by atoms with Crippen molar-refractivity contribution >= 4 is 0 Å². The van der Waals surface area contributed by atoms with Gasteiger partial charge in [-0.2, -0.15) is 0 Å². The molecule has 0 heterocycles. The quantitative estimate of drug-likeness (QED) is 0.796. The fourth-order valence-electron chi connectivity index (χ4n) is 1.97. The summed E-state index contributed by atoms with van der Waals surface area (Å²) in [6.45, 7) is 6.84. The van der Waals surface area contributed by atoms with Gasteiger partial charge in [0.2, 0.25) is 0 Å². The summed E-state index contributed by atoms with van der Waals surface area (Å²) in [7, 11) is 0. The highest BCUT2D eigenvalue weighted by Gasteiger charge is 2.30. The maximum atomic E-state index is 9.17. The molecule has 0 bridgehead atoms. The Bertz CT molecular complexity index is 335. The van der Waals surface area contributed by atoms with Crippen molar-refractivity contribution in [2.45, 2.75) is 38.6 Å². The molecule has 1 aromatic carbocycles. The third-order valence-electron chi connectivity index (χ3n) is 3.46. The van der Waals surface area contributed by atoms with Crippen LogP contribution in [0.1, 0.15) is 32.8 Å². The molecule has 0 spiro atoms. The molecule has 0 radical (unpaired) electrons. The van der Waals surface area contributed by atoms with Gasteiger partial charge in [0, 0.05) is 18.1 Å². The summed E-state index contributed by atoms with van der Waals surface area (Å²) in [5, 5.41) is 9.17. The lowest BCUT2D eigenvalue weighted by molar-refractivity contribution is 0.229. The lowest BCUT2D eigenvalue weighted by Gasteiger charge is -2.33. The number of nitrogens with two attached hydrogens (primary N) is 1. The molecule has 2 unspecified atom stereocenters. The van der Waals surface area contributed by atoms with Gasteiger partial charge in [0.05, 0.1) is 6.61 Å². The third kappa shape index (κ3) is 3.20. The van der Waals surface area contributed by atoms with Crippen molar-refractivity contribution in [2.24, 2.45) is 5.73 Å². The average molecular weight is 237 g/mol. The van der Waals surface area contributed by atoms with Crippen LogP contribution in [0.5, 0.6) is 5.75 Å². The van der Waals surface area contributed by atoms with Crippen LogP contribution in [-0.2, 0) is 5.41 Å². The second-order valence-electron chi connectivity index (χ2n) is 4.64. The first-order valence-corrected chi connectivity index (χ1v) is 6.14. The van der Waals surface area contributed by atoms with Gasteiger partial charge in [-0.25, -0.2) is 0 Å². The van der Waals surface area contributed by atoms with E-state index in [0.717, 1.165) is 11.3 Å². The minimum Gasteiger partial charge on any atom is -0.494 e. The van der Waals surface area contributed by atoms with Crippen molar-refractivity contribution in [3.8, 4) is 5.75 Å². The van der Waals surface area contributed by atoms with E-state index in [1.807, 2.05) is 38.1 Å². The number of benzene rings is 1. The molecule has 0 amide bonds. The Kier molecular flexibility index (Phi) is 4.97. The van der Waals surface area contributed by atoms with E-state index >= 15 is 0 Å². The van der Waals surface area contributed by atoms with E-state index in [9.17, 15) is 5.11 Å². The summed E-state index contributed by atoms with van der Waals surface area (Å²) in [5.74, 6) is 0.868. The Hall–Kier alpha value is -1.06. The normalized spacial score (nSPS) is 16.3. The van der Waals surface area contributed by atoms with Gasteiger partial charge in [-0.15, -0.1) is 0 Å². The van der Waals surface area contributed by atoms with Gasteiger partial charge < -0.3 is 15.6 Å². The van der Waals surface area contributed by atoms with Crippen molar-refractivity contribution in [1.29, 1.82) is 0 Å². The zero-order chi connectivity index (χ0) is 12.9. The summed E-state index contributed by atoms with van der Waals surface area (Å²) < 4.78 is 5.41. The molecule has 0 saturated carbocycles. The van der Waals surface area contributed by atoms with Crippen molar-refractivity contribution in [1.82, 2.24) is 0 Å². The highest BCUT2D eigenvalue weighted by Crippen LogP contribution is 2.31. The summed E-state index contributed by atoms with van der Waals surface area (Å²) in [6.07, 6.45) is 0.665. The van der Waals surface area contributed by atoms with E-state index in [-0.39, 0.29) is 18.1 Å². The van der Waals surface area contributed by atoms with Crippen LogP contribution in [0.15, 0.2) is 24.3 Å². The first-order valence-electron chi connectivity index (χ1n) is 6.14. The van der Waals surface area contributed by atoms with Gasteiger partial charge in [0.25, 0.3) is 0 Å². The standard InChI is InChI=1S/C14H23NO2/c1-4-17-13-7-5-12(6-8-13)14(3,9-10-16)11(2)15/h5-8,11,16H,4,9-10,15H2,1-3H3. The van der Waals surface area contributed by atoms with Gasteiger partial charge in [-0.3, -0.25) is 0 Å². The summed E-state index contributed by atoms with van der Waals surface area (Å²) in [5.41, 5.74) is 6.99. The van der Waals surface area contributed by atoms with Gasteiger partial charge in [-0.05, 0) is 38.0 Å². The molecule has 3 nitrogen and oxygen atoms in total. The first kappa shape index (κ1) is 14.0. The lowest BCUT2D eigenvalue weighted by Crippen LogP contribution is -2.41. The van der Waals surface area contributed by atoms with E-state index in [0.29, 0.717) is 13.0 Å². The van der Waals surface area contributed by atoms with Crippen molar-refractivity contribution < 1.29 is 9.84 Å². The zero-order valence-electron chi connectivity index (χ0n) is 10.9. The number of hydrogen-bond acceptors (Lipinski definition) is 3. The molecule has 1 rings (SSSR count). The summed E-state index contributed by atoms with van der Waals surface area (Å²) >= 11 is 0. The number of aliphatic hydroxyl groups is 1. The van der Waals surface area contributed by atoms with Crippen LogP contribution in [-0.4, -0.2) is 24.4 Å². The van der Waals surface area contributed by atoms with Gasteiger partial charge in [0.15, 0.2) is 0 Å². The van der Waals surface area contributed by atoms with Crippen LogP contribution in [0.2, 0.25) is 0 Å². The molecule has 3 heteroatoms.